The normalized spacial score (nSPS) is 10.0. The van der Waals surface area contributed by atoms with Gasteiger partial charge in [0.1, 0.15) is 6.54 Å². The van der Waals surface area contributed by atoms with Gasteiger partial charge in [-0.25, -0.2) is 0 Å². The molecule has 0 saturated heterocycles. The zero-order chi connectivity index (χ0) is 6.57. The van der Waals surface area contributed by atoms with E-state index in [1.165, 1.54) is 0 Å². The Morgan fingerprint density at radius 1 is 1.62 bits per heavy atom. The molecule has 0 atom stereocenters. The maximum atomic E-state index is 10.3. The highest BCUT2D eigenvalue weighted by molar-refractivity contribution is 5.76. The average Bonchev–Trinajstić information content (AvgIpc) is 1.61. The van der Waals surface area contributed by atoms with Gasteiger partial charge in [0.05, 0.1) is 6.04 Å². The third-order valence-corrected chi connectivity index (χ3v) is 0.877. The van der Waals surface area contributed by atoms with Crippen molar-refractivity contribution < 1.29 is 10.1 Å². The van der Waals surface area contributed by atoms with Crippen LogP contribution in [0.25, 0.3) is 0 Å². The fraction of sp³-hybridized carbons (Fsp3) is 0.833. The van der Waals surface area contributed by atoms with Gasteiger partial charge < -0.3 is 5.32 Å². The number of Topliss-reactive ketones (excluding diaryl/α,β-unsaturated/α-hetero) is 1. The van der Waals surface area contributed by atoms with Crippen LogP contribution in [0.4, 0.5) is 0 Å². The average molecular weight is 116 g/mol. The van der Waals surface area contributed by atoms with Gasteiger partial charge in [-0.2, -0.15) is 0 Å². The van der Waals surface area contributed by atoms with Crippen LogP contribution in [0.15, 0.2) is 0 Å². The lowest BCUT2D eigenvalue weighted by Gasteiger charge is -1.99. The summed E-state index contributed by atoms with van der Waals surface area (Å²) in [6, 6.07) is 0.541. The number of hydrogen-bond acceptors (Lipinski definition) is 1. The predicted molar refractivity (Wildman–Crippen MR) is 32.6 cm³/mol. The SMILES string of the molecule is CC(=O)C[NH2+]C(C)C. The molecule has 48 valence electrons. The van der Waals surface area contributed by atoms with Gasteiger partial charge in [0, 0.05) is 6.92 Å². The van der Waals surface area contributed by atoms with Crippen molar-refractivity contribution in [2.75, 3.05) is 6.54 Å². The van der Waals surface area contributed by atoms with Gasteiger partial charge in [-0.3, -0.25) is 4.79 Å². The summed E-state index contributed by atoms with van der Waals surface area (Å²) >= 11 is 0. The van der Waals surface area contributed by atoms with E-state index in [1.807, 2.05) is 5.32 Å². The quantitative estimate of drug-likeness (QED) is 0.532. The maximum absolute atomic E-state index is 10.3. The van der Waals surface area contributed by atoms with Crippen molar-refractivity contribution in [1.29, 1.82) is 0 Å². The van der Waals surface area contributed by atoms with E-state index in [-0.39, 0.29) is 5.78 Å². The second-order valence-electron chi connectivity index (χ2n) is 2.39. The van der Waals surface area contributed by atoms with Crippen molar-refractivity contribution in [2.45, 2.75) is 26.8 Å². The monoisotopic (exact) mass is 116 g/mol. The third kappa shape index (κ3) is 5.63. The summed E-state index contributed by atoms with van der Waals surface area (Å²) in [5, 5.41) is 2.02. The smallest absolute Gasteiger partial charge is 0.183 e. The minimum Gasteiger partial charge on any atom is -0.338 e. The van der Waals surface area contributed by atoms with Crippen LogP contribution in [0.5, 0.6) is 0 Å². The third-order valence-electron chi connectivity index (χ3n) is 0.877. The first-order chi connectivity index (χ1) is 3.63. The summed E-state index contributed by atoms with van der Waals surface area (Å²) in [6.45, 7) is 6.38. The fourth-order valence-corrected chi connectivity index (χ4v) is 0.402. The number of nitrogens with two attached hydrogens (primary N) is 1. The van der Waals surface area contributed by atoms with E-state index in [0.29, 0.717) is 12.6 Å². The molecule has 0 heterocycles. The van der Waals surface area contributed by atoms with Crippen LogP contribution in [0.2, 0.25) is 0 Å². The summed E-state index contributed by atoms with van der Waals surface area (Å²) in [7, 11) is 0. The summed E-state index contributed by atoms with van der Waals surface area (Å²) in [5.41, 5.74) is 0. The van der Waals surface area contributed by atoms with Gasteiger partial charge >= 0.3 is 0 Å². The molecule has 0 saturated carbocycles. The van der Waals surface area contributed by atoms with Crippen LogP contribution < -0.4 is 5.32 Å². The Kier molecular flexibility index (Phi) is 3.44. The highest BCUT2D eigenvalue weighted by atomic mass is 16.1. The summed E-state index contributed by atoms with van der Waals surface area (Å²) < 4.78 is 0. The van der Waals surface area contributed by atoms with Crippen LogP contribution in [-0.4, -0.2) is 18.4 Å². The molecule has 0 unspecified atom stereocenters. The Morgan fingerprint density at radius 2 is 2.12 bits per heavy atom. The van der Waals surface area contributed by atoms with Gasteiger partial charge in [-0.1, -0.05) is 0 Å². The van der Waals surface area contributed by atoms with Gasteiger partial charge in [0.15, 0.2) is 5.78 Å². The summed E-state index contributed by atoms with van der Waals surface area (Å²) in [4.78, 5) is 10.3. The maximum Gasteiger partial charge on any atom is 0.183 e. The van der Waals surface area contributed by atoms with E-state index in [2.05, 4.69) is 13.8 Å². The first kappa shape index (κ1) is 7.63. The zero-order valence-electron chi connectivity index (χ0n) is 5.77. The van der Waals surface area contributed by atoms with Gasteiger partial charge in [0.25, 0.3) is 0 Å². The number of ketones is 1. The van der Waals surface area contributed by atoms with Gasteiger partial charge in [-0.05, 0) is 13.8 Å². The van der Waals surface area contributed by atoms with E-state index in [0.717, 1.165) is 0 Å². The zero-order valence-corrected chi connectivity index (χ0v) is 5.77. The largest absolute Gasteiger partial charge is 0.338 e. The second kappa shape index (κ2) is 3.61. The van der Waals surface area contributed by atoms with Crippen molar-refractivity contribution >= 4 is 5.78 Å². The minimum absolute atomic E-state index is 0.249. The molecule has 0 rings (SSSR count). The first-order valence-corrected chi connectivity index (χ1v) is 2.95. The standard InChI is InChI=1S/C6H13NO/c1-5(2)7-4-6(3)8/h5,7H,4H2,1-3H3/p+1. The van der Waals surface area contributed by atoms with Crippen LogP contribution in [0.1, 0.15) is 20.8 Å². The molecule has 2 N–H and O–H groups in total. The first-order valence-electron chi connectivity index (χ1n) is 2.95. The molecule has 0 fully saturated rings. The molecule has 2 heteroatoms. The molecule has 0 aliphatic rings. The fourth-order valence-electron chi connectivity index (χ4n) is 0.402. The predicted octanol–water partition coefficient (Wildman–Crippen LogP) is -0.453. The van der Waals surface area contributed by atoms with Crippen molar-refractivity contribution in [3.05, 3.63) is 0 Å². The highest BCUT2D eigenvalue weighted by Gasteiger charge is 1.97. The molecule has 0 aromatic carbocycles. The molecule has 0 aromatic heterocycles. The van der Waals surface area contributed by atoms with Crippen molar-refractivity contribution in [2.24, 2.45) is 0 Å². The Labute approximate surface area is 50.3 Å². The highest BCUT2D eigenvalue weighted by Crippen LogP contribution is 1.62. The number of carbonyl (C=O) groups excluding carboxylic acids is 1. The van der Waals surface area contributed by atoms with Crippen molar-refractivity contribution in [3.63, 3.8) is 0 Å². The topological polar surface area (TPSA) is 33.7 Å². The van der Waals surface area contributed by atoms with E-state index in [1.54, 1.807) is 6.92 Å². The molecule has 8 heavy (non-hydrogen) atoms. The van der Waals surface area contributed by atoms with E-state index in [4.69, 9.17) is 0 Å². The molecular weight excluding hydrogens is 102 g/mol. The Bertz CT molecular complexity index is 78.6. The van der Waals surface area contributed by atoms with E-state index < -0.39 is 0 Å². The molecule has 2 nitrogen and oxygen atoms in total. The second-order valence-corrected chi connectivity index (χ2v) is 2.39. The molecule has 0 aromatic rings. The molecule has 0 aliphatic carbocycles. The molecule has 0 amide bonds. The molecule has 0 radical (unpaired) electrons. The Hall–Kier alpha value is -0.370. The molecule has 0 aliphatic heterocycles. The van der Waals surface area contributed by atoms with Gasteiger partial charge in [-0.15, -0.1) is 0 Å². The number of carbonyl (C=O) groups is 1. The summed E-state index contributed by atoms with van der Waals surface area (Å²) in [5.74, 6) is 0.249. The van der Waals surface area contributed by atoms with Crippen molar-refractivity contribution in [1.82, 2.24) is 0 Å². The van der Waals surface area contributed by atoms with Crippen LogP contribution in [0.3, 0.4) is 0 Å². The van der Waals surface area contributed by atoms with E-state index >= 15 is 0 Å². The van der Waals surface area contributed by atoms with Crippen LogP contribution in [-0.2, 0) is 4.79 Å². The molecular formula is C6H14NO+. The van der Waals surface area contributed by atoms with Gasteiger partial charge in [0.2, 0.25) is 0 Å². The van der Waals surface area contributed by atoms with Crippen LogP contribution in [0, 0.1) is 0 Å². The lowest BCUT2D eigenvalue weighted by Crippen LogP contribution is -2.89. The van der Waals surface area contributed by atoms with Crippen LogP contribution >= 0.6 is 0 Å². The minimum atomic E-state index is 0.249. The molecule has 0 spiro atoms. The van der Waals surface area contributed by atoms with Crippen molar-refractivity contribution in [3.8, 4) is 0 Å². The summed E-state index contributed by atoms with van der Waals surface area (Å²) in [6.07, 6.45) is 0. The lowest BCUT2D eigenvalue weighted by molar-refractivity contribution is -0.672. The van der Waals surface area contributed by atoms with E-state index in [9.17, 15) is 4.79 Å². The Balaban J connectivity index is 3.05. The molecule has 0 bridgehead atoms. The number of rotatable bonds is 3. The number of quaternary nitrogens is 1. The number of hydrogen-bond donors (Lipinski definition) is 1. The Morgan fingerprint density at radius 3 is 2.25 bits per heavy atom. The lowest BCUT2D eigenvalue weighted by atomic mass is 10.3.